The monoisotopic (exact) mass is 170 g/mol. The molecule has 0 saturated carbocycles. The Morgan fingerprint density at radius 2 is 2.25 bits per heavy atom. The van der Waals surface area contributed by atoms with E-state index in [4.69, 9.17) is 5.73 Å². The van der Waals surface area contributed by atoms with Crippen LogP contribution >= 0.6 is 0 Å². The van der Waals surface area contributed by atoms with Crippen molar-refractivity contribution >= 4 is 5.69 Å². The molecule has 0 atom stereocenters. The second-order valence-electron chi connectivity index (χ2n) is 2.23. The van der Waals surface area contributed by atoms with Gasteiger partial charge in [-0.2, -0.15) is 0 Å². The number of hydrogen-bond acceptors (Lipinski definition) is 3. The van der Waals surface area contributed by atoms with Gasteiger partial charge in [0, 0.05) is 18.2 Å². The minimum Gasteiger partial charge on any atom is -0.326 e. The molecule has 0 aromatic heterocycles. The number of nitro groups is 1. The van der Waals surface area contributed by atoms with Crippen LogP contribution in [0.25, 0.3) is 0 Å². The molecule has 0 aliphatic rings. The summed E-state index contributed by atoms with van der Waals surface area (Å²) in [5, 5.41) is 10.3. The van der Waals surface area contributed by atoms with Crippen LogP contribution in [0.5, 0.6) is 0 Å². The van der Waals surface area contributed by atoms with Crippen molar-refractivity contribution in [1.29, 1.82) is 0 Å². The maximum Gasteiger partial charge on any atom is 0.274 e. The van der Waals surface area contributed by atoms with Gasteiger partial charge in [-0.1, -0.05) is 0 Å². The van der Waals surface area contributed by atoms with Crippen molar-refractivity contribution in [3.05, 3.63) is 39.7 Å². The van der Waals surface area contributed by atoms with Crippen molar-refractivity contribution in [2.45, 2.75) is 6.54 Å². The number of nitrogens with two attached hydrogens (primary N) is 1. The van der Waals surface area contributed by atoms with Gasteiger partial charge in [-0.25, -0.2) is 4.39 Å². The number of nitrogens with zero attached hydrogens (tertiary/aromatic N) is 1. The molecular formula is C7H7FN2O2. The molecule has 5 heteroatoms. The Balaban J connectivity index is 3.20. The fraction of sp³-hybridized carbons (Fsp3) is 0.143. The van der Waals surface area contributed by atoms with E-state index in [0.717, 1.165) is 18.2 Å². The second-order valence-corrected chi connectivity index (χ2v) is 2.23. The lowest BCUT2D eigenvalue weighted by molar-refractivity contribution is -0.385. The van der Waals surface area contributed by atoms with Crippen LogP contribution in [0.3, 0.4) is 0 Å². The Kier molecular flexibility index (Phi) is 2.35. The van der Waals surface area contributed by atoms with Gasteiger partial charge in [0.2, 0.25) is 0 Å². The zero-order valence-corrected chi connectivity index (χ0v) is 6.16. The molecule has 12 heavy (non-hydrogen) atoms. The molecule has 0 bridgehead atoms. The van der Waals surface area contributed by atoms with E-state index in [1.807, 2.05) is 0 Å². The highest BCUT2D eigenvalue weighted by Gasteiger charge is 2.11. The van der Waals surface area contributed by atoms with Crippen LogP contribution in [0, 0.1) is 15.9 Å². The standard InChI is InChI=1S/C7H7FN2O2/c8-6-1-2-7(10(11)12)5(3-6)4-9/h1-3H,4,9H2. The van der Waals surface area contributed by atoms with E-state index in [9.17, 15) is 14.5 Å². The average Bonchev–Trinajstić information content (AvgIpc) is 2.03. The topological polar surface area (TPSA) is 69.2 Å². The third-order valence-corrected chi connectivity index (χ3v) is 1.46. The molecule has 4 nitrogen and oxygen atoms in total. The average molecular weight is 170 g/mol. The SMILES string of the molecule is NCc1cc(F)ccc1[N+](=O)[O-]. The first kappa shape index (κ1) is 8.61. The summed E-state index contributed by atoms with van der Waals surface area (Å²) in [6, 6.07) is 3.22. The van der Waals surface area contributed by atoms with E-state index in [1.54, 1.807) is 0 Å². The van der Waals surface area contributed by atoms with Crippen LogP contribution in [-0.2, 0) is 6.54 Å². The summed E-state index contributed by atoms with van der Waals surface area (Å²) in [5.74, 6) is -0.513. The number of benzene rings is 1. The quantitative estimate of drug-likeness (QED) is 0.535. The van der Waals surface area contributed by atoms with Crippen molar-refractivity contribution in [2.24, 2.45) is 5.73 Å². The van der Waals surface area contributed by atoms with Crippen molar-refractivity contribution in [3.63, 3.8) is 0 Å². The molecule has 0 heterocycles. The maximum atomic E-state index is 12.5. The van der Waals surface area contributed by atoms with Crippen LogP contribution in [-0.4, -0.2) is 4.92 Å². The molecule has 0 amide bonds. The molecule has 1 aromatic carbocycles. The second kappa shape index (κ2) is 3.27. The molecular weight excluding hydrogens is 163 g/mol. The van der Waals surface area contributed by atoms with Gasteiger partial charge in [0.1, 0.15) is 5.82 Å². The molecule has 64 valence electrons. The summed E-state index contributed by atoms with van der Waals surface area (Å²) in [4.78, 5) is 9.74. The van der Waals surface area contributed by atoms with Crippen LogP contribution < -0.4 is 5.73 Å². The Labute approximate surface area is 68.0 Å². The van der Waals surface area contributed by atoms with Crippen LogP contribution in [0.1, 0.15) is 5.56 Å². The highest BCUT2D eigenvalue weighted by Crippen LogP contribution is 2.18. The maximum absolute atomic E-state index is 12.5. The van der Waals surface area contributed by atoms with Crippen molar-refractivity contribution in [2.75, 3.05) is 0 Å². The first-order valence-electron chi connectivity index (χ1n) is 3.28. The Morgan fingerprint density at radius 1 is 1.58 bits per heavy atom. The largest absolute Gasteiger partial charge is 0.326 e. The molecule has 0 radical (unpaired) electrons. The Morgan fingerprint density at radius 3 is 2.75 bits per heavy atom. The van der Waals surface area contributed by atoms with Gasteiger partial charge < -0.3 is 5.73 Å². The zero-order chi connectivity index (χ0) is 9.14. The minimum absolute atomic E-state index is 0.0337. The fourth-order valence-corrected chi connectivity index (χ4v) is 0.896. The van der Waals surface area contributed by atoms with E-state index >= 15 is 0 Å². The molecule has 0 unspecified atom stereocenters. The molecule has 0 fully saturated rings. The number of halogens is 1. The number of nitro benzene ring substituents is 1. The highest BCUT2D eigenvalue weighted by molar-refractivity contribution is 5.39. The molecule has 0 spiro atoms. The lowest BCUT2D eigenvalue weighted by Gasteiger charge is -1.98. The van der Waals surface area contributed by atoms with Gasteiger partial charge in [0.25, 0.3) is 5.69 Å². The molecule has 1 rings (SSSR count). The van der Waals surface area contributed by atoms with E-state index in [-0.39, 0.29) is 17.8 Å². The first-order valence-corrected chi connectivity index (χ1v) is 3.28. The Bertz CT molecular complexity index is 314. The van der Waals surface area contributed by atoms with Gasteiger partial charge in [-0.05, 0) is 12.1 Å². The van der Waals surface area contributed by atoms with Gasteiger partial charge >= 0.3 is 0 Å². The van der Waals surface area contributed by atoms with Crippen LogP contribution in [0.15, 0.2) is 18.2 Å². The van der Waals surface area contributed by atoms with E-state index in [2.05, 4.69) is 0 Å². The van der Waals surface area contributed by atoms with Crippen molar-refractivity contribution < 1.29 is 9.31 Å². The molecule has 0 aliphatic heterocycles. The summed E-state index contributed by atoms with van der Waals surface area (Å²) in [6.07, 6.45) is 0. The third kappa shape index (κ3) is 1.57. The predicted molar refractivity (Wildman–Crippen MR) is 40.9 cm³/mol. The third-order valence-electron chi connectivity index (χ3n) is 1.46. The summed E-state index contributed by atoms with van der Waals surface area (Å²) >= 11 is 0. The summed E-state index contributed by atoms with van der Waals surface area (Å²) in [6.45, 7) is -0.0337. The van der Waals surface area contributed by atoms with Crippen molar-refractivity contribution in [3.8, 4) is 0 Å². The van der Waals surface area contributed by atoms with Gasteiger partial charge in [-0.15, -0.1) is 0 Å². The number of hydrogen-bond donors (Lipinski definition) is 1. The first-order chi connectivity index (χ1) is 5.65. The minimum atomic E-state index is -0.582. The fourth-order valence-electron chi connectivity index (χ4n) is 0.896. The molecule has 2 N–H and O–H groups in total. The lowest BCUT2D eigenvalue weighted by Crippen LogP contribution is -2.02. The van der Waals surface area contributed by atoms with E-state index in [0.29, 0.717) is 0 Å². The van der Waals surface area contributed by atoms with Crippen LogP contribution in [0.4, 0.5) is 10.1 Å². The van der Waals surface area contributed by atoms with Gasteiger partial charge in [0.15, 0.2) is 0 Å². The van der Waals surface area contributed by atoms with Gasteiger partial charge in [0.05, 0.1) is 4.92 Å². The van der Waals surface area contributed by atoms with E-state index in [1.165, 1.54) is 0 Å². The summed E-state index contributed by atoms with van der Waals surface area (Å²) < 4.78 is 12.5. The van der Waals surface area contributed by atoms with E-state index < -0.39 is 10.7 Å². The smallest absolute Gasteiger partial charge is 0.274 e. The predicted octanol–water partition coefficient (Wildman–Crippen LogP) is 1.19. The Hall–Kier alpha value is -1.49. The normalized spacial score (nSPS) is 9.83. The lowest BCUT2D eigenvalue weighted by atomic mass is 10.2. The molecule has 0 aliphatic carbocycles. The zero-order valence-electron chi connectivity index (χ0n) is 6.16. The number of rotatable bonds is 2. The highest BCUT2D eigenvalue weighted by atomic mass is 19.1. The van der Waals surface area contributed by atoms with Gasteiger partial charge in [-0.3, -0.25) is 10.1 Å². The summed E-state index contributed by atoms with van der Waals surface area (Å²) in [7, 11) is 0. The van der Waals surface area contributed by atoms with Crippen LogP contribution in [0.2, 0.25) is 0 Å². The summed E-state index contributed by atoms with van der Waals surface area (Å²) in [5.41, 5.74) is 5.25. The molecule has 1 aromatic rings. The molecule has 0 saturated heterocycles. The van der Waals surface area contributed by atoms with Crippen molar-refractivity contribution in [1.82, 2.24) is 0 Å².